The highest BCUT2D eigenvalue weighted by atomic mass is 19.4. The molecule has 1 aliphatic rings. The van der Waals surface area contributed by atoms with Crippen LogP contribution < -0.4 is 10.6 Å². The zero-order valence-corrected chi connectivity index (χ0v) is 15.9. The van der Waals surface area contributed by atoms with E-state index >= 15 is 0 Å². The largest absolute Gasteiger partial charge is 0.405 e. The maximum absolute atomic E-state index is 12.2. The van der Waals surface area contributed by atoms with Gasteiger partial charge in [0.1, 0.15) is 18.0 Å². The number of pyridine rings is 1. The Morgan fingerprint density at radius 2 is 2.10 bits per heavy atom. The summed E-state index contributed by atoms with van der Waals surface area (Å²) in [6.07, 6.45) is 4.49. The molecule has 7 nitrogen and oxygen atoms in total. The molecule has 3 aromatic rings. The molecule has 3 N–H and O–H groups in total. The van der Waals surface area contributed by atoms with Crippen molar-refractivity contribution in [2.24, 2.45) is 0 Å². The van der Waals surface area contributed by atoms with Gasteiger partial charge in [-0.1, -0.05) is 12.2 Å². The van der Waals surface area contributed by atoms with Crippen LogP contribution in [0.2, 0.25) is 0 Å². The van der Waals surface area contributed by atoms with Crippen molar-refractivity contribution in [3.8, 4) is 11.4 Å². The number of H-pyrrole nitrogens is 1. The van der Waals surface area contributed by atoms with E-state index in [1.54, 1.807) is 12.4 Å². The molecule has 0 aliphatic heterocycles. The molecule has 0 unspecified atom stereocenters. The number of alkyl halides is 3. The second-order valence-corrected chi connectivity index (χ2v) is 6.86. The molecule has 1 aliphatic carbocycles. The van der Waals surface area contributed by atoms with E-state index in [4.69, 9.17) is 4.98 Å². The summed E-state index contributed by atoms with van der Waals surface area (Å²) in [5.41, 5.74) is 3.27. The van der Waals surface area contributed by atoms with Gasteiger partial charge in [-0.05, 0) is 25.0 Å². The van der Waals surface area contributed by atoms with Crippen LogP contribution >= 0.6 is 0 Å². The van der Waals surface area contributed by atoms with Crippen LogP contribution in [-0.4, -0.2) is 45.1 Å². The quantitative estimate of drug-likeness (QED) is 0.572. The van der Waals surface area contributed by atoms with Crippen LogP contribution in [0.3, 0.4) is 0 Å². The number of rotatable bonds is 6. The minimum Gasteiger partial charge on any atom is -0.369 e. The van der Waals surface area contributed by atoms with Gasteiger partial charge in [-0.25, -0.2) is 15.0 Å². The van der Waals surface area contributed by atoms with Crippen LogP contribution in [0.1, 0.15) is 24.1 Å². The first kappa shape index (κ1) is 19.9. The first-order chi connectivity index (χ1) is 14.4. The number of nitrogens with one attached hydrogen (secondary N) is 3. The van der Waals surface area contributed by atoms with Crippen molar-refractivity contribution in [3.63, 3.8) is 0 Å². The Kier molecular flexibility index (Phi) is 5.39. The first-order valence-electron chi connectivity index (χ1n) is 9.48. The summed E-state index contributed by atoms with van der Waals surface area (Å²) in [5.74, 6) is 0.400. The third-order valence-corrected chi connectivity index (χ3v) is 4.69. The van der Waals surface area contributed by atoms with E-state index in [0.29, 0.717) is 11.6 Å². The topological polar surface area (TPSA) is 95.6 Å². The summed E-state index contributed by atoms with van der Waals surface area (Å²) in [4.78, 5) is 28.4. The van der Waals surface area contributed by atoms with Crippen LogP contribution in [0.4, 0.5) is 19.0 Å². The molecule has 1 amide bonds. The number of anilines is 1. The summed E-state index contributed by atoms with van der Waals surface area (Å²) in [6, 6.07) is 3.74. The number of aryl methyl sites for hydroxylation is 1. The molecule has 0 saturated heterocycles. The van der Waals surface area contributed by atoms with Gasteiger partial charge in [0.15, 0.2) is 5.82 Å². The van der Waals surface area contributed by atoms with Gasteiger partial charge in [0.25, 0.3) is 0 Å². The van der Waals surface area contributed by atoms with Gasteiger partial charge in [-0.15, -0.1) is 0 Å². The minimum absolute atomic E-state index is 0.106. The Balaban J connectivity index is 1.56. The summed E-state index contributed by atoms with van der Waals surface area (Å²) in [7, 11) is 0. The average molecular weight is 416 g/mol. The second-order valence-electron chi connectivity index (χ2n) is 6.86. The van der Waals surface area contributed by atoms with Crippen molar-refractivity contribution in [1.29, 1.82) is 0 Å². The lowest BCUT2D eigenvalue weighted by atomic mass is 10.0. The highest BCUT2D eigenvalue weighted by Gasteiger charge is 2.27. The van der Waals surface area contributed by atoms with E-state index in [1.807, 2.05) is 29.6 Å². The number of hydrogen-bond acceptors (Lipinski definition) is 5. The number of amides is 1. The number of carbonyl (C=O) groups excluding carboxylic acids is 1. The van der Waals surface area contributed by atoms with Gasteiger partial charge in [-0.3, -0.25) is 4.79 Å². The number of nitrogens with zero attached hydrogens (tertiary/aromatic N) is 3. The third-order valence-electron chi connectivity index (χ3n) is 4.69. The SMILES string of the molecule is O=C(CCNc1nc(-c2ccnc3[nH]ccc23)nc2c1C=CCC2)NCC(F)(F)F. The van der Waals surface area contributed by atoms with Gasteiger partial charge < -0.3 is 15.6 Å². The lowest BCUT2D eigenvalue weighted by Gasteiger charge is -2.17. The van der Waals surface area contributed by atoms with E-state index in [1.165, 1.54) is 0 Å². The normalized spacial score (nSPS) is 13.3. The zero-order valence-electron chi connectivity index (χ0n) is 15.9. The molecule has 3 aromatic heterocycles. The summed E-state index contributed by atoms with van der Waals surface area (Å²) in [5, 5.41) is 5.84. The van der Waals surface area contributed by atoms with Crippen molar-refractivity contribution in [2.45, 2.75) is 25.4 Å². The van der Waals surface area contributed by atoms with E-state index in [-0.39, 0.29) is 13.0 Å². The number of aromatic amines is 1. The fourth-order valence-corrected chi connectivity index (χ4v) is 3.30. The number of aromatic nitrogens is 4. The fourth-order valence-electron chi connectivity index (χ4n) is 3.30. The Morgan fingerprint density at radius 3 is 2.93 bits per heavy atom. The predicted molar refractivity (Wildman–Crippen MR) is 107 cm³/mol. The smallest absolute Gasteiger partial charge is 0.369 e. The van der Waals surface area contributed by atoms with Gasteiger partial charge in [-0.2, -0.15) is 13.2 Å². The van der Waals surface area contributed by atoms with E-state index in [0.717, 1.165) is 40.7 Å². The molecule has 3 heterocycles. The lowest BCUT2D eigenvalue weighted by molar-refractivity contribution is -0.138. The highest BCUT2D eigenvalue weighted by molar-refractivity contribution is 5.91. The molecule has 30 heavy (non-hydrogen) atoms. The van der Waals surface area contributed by atoms with Crippen LogP contribution in [0.25, 0.3) is 28.5 Å². The third kappa shape index (κ3) is 4.42. The van der Waals surface area contributed by atoms with Crippen LogP contribution in [0.15, 0.2) is 30.6 Å². The van der Waals surface area contributed by atoms with Gasteiger partial charge in [0.2, 0.25) is 5.91 Å². The molecule has 0 atom stereocenters. The maximum Gasteiger partial charge on any atom is 0.405 e. The molecular weight excluding hydrogens is 397 g/mol. The molecular formula is C20H19F3N6O. The predicted octanol–water partition coefficient (Wildman–Crippen LogP) is 3.46. The average Bonchev–Trinajstić information content (AvgIpc) is 3.20. The van der Waals surface area contributed by atoms with Gasteiger partial charge >= 0.3 is 6.18 Å². The van der Waals surface area contributed by atoms with Crippen LogP contribution in [0.5, 0.6) is 0 Å². The summed E-state index contributed by atoms with van der Waals surface area (Å²) < 4.78 is 36.7. The van der Waals surface area contributed by atoms with E-state index in [2.05, 4.69) is 20.3 Å². The Bertz CT molecular complexity index is 1110. The summed E-state index contributed by atoms with van der Waals surface area (Å²) >= 11 is 0. The number of fused-ring (bicyclic) bond motifs is 2. The van der Waals surface area contributed by atoms with Crippen LogP contribution in [-0.2, 0) is 11.2 Å². The molecule has 0 aromatic carbocycles. The van der Waals surface area contributed by atoms with Crippen LogP contribution in [0, 0.1) is 0 Å². The molecule has 4 rings (SSSR count). The van der Waals surface area contributed by atoms with Crippen molar-refractivity contribution in [1.82, 2.24) is 25.3 Å². The van der Waals surface area contributed by atoms with Crippen molar-refractivity contribution in [3.05, 3.63) is 41.9 Å². The van der Waals surface area contributed by atoms with Gasteiger partial charge in [0, 0.05) is 41.9 Å². The number of carbonyl (C=O) groups is 1. The fraction of sp³-hybridized carbons (Fsp3) is 0.300. The van der Waals surface area contributed by atoms with Crippen molar-refractivity contribution < 1.29 is 18.0 Å². The van der Waals surface area contributed by atoms with E-state index < -0.39 is 18.6 Å². The number of hydrogen-bond donors (Lipinski definition) is 3. The summed E-state index contributed by atoms with van der Waals surface area (Å²) in [6.45, 7) is -1.19. The molecule has 10 heteroatoms. The maximum atomic E-state index is 12.2. The van der Waals surface area contributed by atoms with E-state index in [9.17, 15) is 18.0 Å². The molecule has 0 bridgehead atoms. The lowest BCUT2D eigenvalue weighted by Crippen LogP contribution is -2.34. The molecule has 156 valence electrons. The van der Waals surface area contributed by atoms with Gasteiger partial charge in [0.05, 0.1) is 5.69 Å². The standard InChI is InChI=1S/C20H19F3N6O/c21-20(22,23)11-27-16(30)7-10-26-18-14-3-1-2-4-15(14)28-19(29-18)13-6-9-25-17-12(13)5-8-24-17/h1,3,5-6,8-9H,2,4,7,10-11H2,(H,24,25)(H,27,30)(H,26,28,29). The Morgan fingerprint density at radius 1 is 1.23 bits per heavy atom. The monoisotopic (exact) mass is 416 g/mol. The minimum atomic E-state index is -4.43. The zero-order chi connectivity index (χ0) is 21.1. The number of halogens is 3. The van der Waals surface area contributed by atoms with Crippen molar-refractivity contribution >= 4 is 28.8 Å². The first-order valence-corrected chi connectivity index (χ1v) is 9.48. The Labute approximate surface area is 169 Å². The molecule has 0 radical (unpaired) electrons. The molecule has 0 saturated carbocycles. The molecule has 0 spiro atoms. The highest BCUT2D eigenvalue weighted by Crippen LogP contribution is 2.30. The number of allylic oxidation sites excluding steroid dienone is 1. The Hall–Kier alpha value is -3.43. The second kappa shape index (κ2) is 8.13. The van der Waals surface area contributed by atoms with Crippen molar-refractivity contribution in [2.75, 3.05) is 18.4 Å². The molecule has 0 fully saturated rings.